The lowest BCUT2D eigenvalue weighted by Gasteiger charge is -2.07. The first kappa shape index (κ1) is 14.1. The van der Waals surface area contributed by atoms with Crippen molar-refractivity contribution in [3.8, 4) is 22.3 Å². The third-order valence-electron chi connectivity index (χ3n) is 2.58. The molecule has 3 heteroatoms. The summed E-state index contributed by atoms with van der Waals surface area (Å²) in [6, 6.07) is 15.7. The summed E-state index contributed by atoms with van der Waals surface area (Å²) < 4.78 is 0. The molecule has 0 aliphatic rings. The summed E-state index contributed by atoms with van der Waals surface area (Å²) in [6.07, 6.45) is 1.02. The second-order valence-corrected chi connectivity index (χ2v) is 3.86. The molecule has 0 fully saturated rings. The van der Waals surface area contributed by atoms with E-state index in [1.54, 1.807) is 12.1 Å². The van der Waals surface area contributed by atoms with Crippen LogP contribution in [-0.4, -0.2) is 5.11 Å². The van der Waals surface area contributed by atoms with Crippen molar-refractivity contribution in [1.82, 2.24) is 0 Å². The molecule has 2 nitrogen and oxygen atoms in total. The molecule has 92 valence electrons. The number of rotatable bonds is 2. The van der Waals surface area contributed by atoms with E-state index in [1.165, 1.54) is 16.5 Å². The minimum Gasteiger partial charge on any atom is -0.508 e. The SMILES string of the molecule is CCc1ccccc1-c1ccc(O)cc1.N#CS. The number of hydrogen-bond donors (Lipinski definition) is 2. The van der Waals surface area contributed by atoms with Crippen molar-refractivity contribution < 1.29 is 5.11 Å². The molecule has 2 aromatic rings. The number of nitriles is 1. The highest BCUT2D eigenvalue weighted by atomic mass is 32.1. The zero-order valence-electron chi connectivity index (χ0n) is 10.2. The molecule has 0 aliphatic carbocycles. The van der Waals surface area contributed by atoms with Crippen LogP contribution < -0.4 is 0 Å². The number of thiol groups is 1. The summed E-state index contributed by atoms with van der Waals surface area (Å²) >= 11 is 3.09. The van der Waals surface area contributed by atoms with Crippen LogP contribution in [0.3, 0.4) is 0 Å². The van der Waals surface area contributed by atoms with Crippen molar-refractivity contribution in [2.45, 2.75) is 13.3 Å². The average Bonchev–Trinajstić information content (AvgIpc) is 2.40. The van der Waals surface area contributed by atoms with Crippen molar-refractivity contribution in [1.29, 1.82) is 5.26 Å². The fourth-order valence-corrected chi connectivity index (χ4v) is 1.75. The van der Waals surface area contributed by atoms with Crippen molar-refractivity contribution in [2.75, 3.05) is 0 Å². The Hall–Kier alpha value is -1.92. The monoisotopic (exact) mass is 257 g/mol. The Morgan fingerprint density at radius 2 is 1.67 bits per heavy atom. The lowest BCUT2D eigenvalue weighted by Crippen LogP contribution is -1.86. The number of aromatic hydroxyl groups is 1. The van der Waals surface area contributed by atoms with Crippen LogP contribution in [0.2, 0.25) is 0 Å². The third-order valence-corrected chi connectivity index (χ3v) is 2.58. The van der Waals surface area contributed by atoms with Crippen LogP contribution in [0, 0.1) is 10.7 Å². The van der Waals surface area contributed by atoms with E-state index < -0.39 is 0 Å². The van der Waals surface area contributed by atoms with Crippen LogP contribution in [0.5, 0.6) is 5.75 Å². The van der Waals surface area contributed by atoms with Crippen LogP contribution >= 0.6 is 12.6 Å². The topological polar surface area (TPSA) is 44.0 Å². The molecule has 0 amide bonds. The molecule has 2 aromatic carbocycles. The van der Waals surface area contributed by atoms with E-state index in [-0.39, 0.29) is 0 Å². The Bertz CT molecular complexity index is 529. The highest BCUT2D eigenvalue weighted by Crippen LogP contribution is 2.25. The zero-order chi connectivity index (χ0) is 13.4. The molecule has 0 aliphatic heterocycles. The predicted octanol–water partition coefficient (Wildman–Crippen LogP) is 4.02. The molecule has 0 unspecified atom stereocenters. The largest absolute Gasteiger partial charge is 0.508 e. The van der Waals surface area contributed by atoms with Gasteiger partial charge in [0.15, 0.2) is 0 Å². The van der Waals surface area contributed by atoms with Gasteiger partial charge < -0.3 is 5.11 Å². The molecule has 0 heterocycles. The van der Waals surface area contributed by atoms with Crippen molar-refractivity contribution in [2.24, 2.45) is 0 Å². The van der Waals surface area contributed by atoms with Crippen LogP contribution in [0.4, 0.5) is 0 Å². The molecule has 0 spiro atoms. The Morgan fingerprint density at radius 1 is 1.11 bits per heavy atom. The van der Waals surface area contributed by atoms with Crippen LogP contribution in [0.1, 0.15) is 12.5 Å². The highest BCUT2D eigenvalue weighted by molar-refractivity contribution is 7.85. The van der Waals surface area contributed by atoms with Crippen LogP contribution in [0.25, 0.3) is 11.1 Å². The lowest BCUT2D eigenvalue weighted by atomic mass is 9.98. The summed E-state index contributed by atoms with van der Waals surface area (Å²) in [5.74, 6) is 0.313. The molecule has 0 saturated heterocycles. The molecule has 2 rings (SSSR count). The van der Waals surface area contributed by atoms with Gasteiger partial charge in [0.1, 0.15) is 11.2 Å². The Balaban J connectivity index is 0.000000492. The quantitative estimate of drug-likeness (QED) is 0.630. The lowest BCUT2D eigenvalue weighted by molar-refractivity contribution is 0.475. The average molecular weight is 257 g/mol. The molecule has 18 heavy (non-hydrogen) atoms. The van der Waals surface area contributed by atoms with Crippen molar-refractivity contribution in [3.05, 3.63) is 54.1 Å². The van der Waals surface area contributed by atoms with Gasteiger partial charge in [0, 0.05) is 0 Å². The van der Waals surface area contributed by atoms with E-state index in [9.17, 15) is 5.11 Å². The van der Waals surface area contributed by atoms with E-state index in [0.29, 0.717) is 5.75 Å². The number of phenols is 1. The fraction of sp³-hybridized carbons (Fsp3) is 0.133. The van der Waals surface area contributed by atoms with Crippen molar-refractivity contribution in [3.63, 3.8) is 0 Å². The minimum atomic E-state index is 0.313. The van der Waals surface area contributed by atoms with E-state index in [4.69, 9.17) is 5.26 Å². The van der Waals surface area contributed by atoms with Gasteiger partial charge in [0.2, 0.25) is 0 Å². The number of phenolic OH excluding ortho intramolecular Hbond substituents is 1. The number of nitrogens with zero attached hydrogens (tertiary/aromatic N) is 1. The molecule has 0 atom stereocenters. The summed E-state index contributed by atoms with van der Waals surface area (Å²) in [6.45, 7) is 2.15. The first-order valence-corrected chi connectivity index (χ1v) is 6.08. The van der Waals surface area contributed by atoms with E-state index >= 15 is 0 Å². The zero-order valence-corrected chi connectivity index (χ0v) is 11.1. The van der Waals surface area contributed by atoms with Crippen LogP contribution in [-0.2, 0) is 6.42 Å². The maximum atomic E-state index is 9.23. The Labute approximate surface area is 113 Å². The standard InChI is InChI=1S/C14H14O.CHNS/c1-2-11-5-3-4-6-14(11)12-7-9-13(15)10-8-12;2-1-3/h3-10,15H,2H2,1H3;3H. The van der Waals surface area contributed by atoms with Crippen LogP contribution in [0.15, 0.2) is 48.5 Å². The number of aryl methyl sites for hydroxylation is 1. The minimum absolute atomic E-state index is 0.313. The van der Waals surface area contributed by atoms with Gasteiger partial charge in [-0.1, -0.05) is 56.0 Å². The van der Waals surface area contributed by atoms with Gasteiger partial charge in [-0.05, 0) is 35.2 Å². The number of hydrogen-bond acceptors (Lipinski definition) is 3. The molecule has 0 radical (unpaired) electrons. The number of benzene rings is 2. The van der Waals surface area contributed by atoms with E-state index in [2.05, 4.69) is 37.8 Å². The van der Waals surface area contributed by atoms with Crippen molar-refractivity contribution >= 4 is 12.6 Å². The second kappa shape index (κ2) is 7.41. The Kier molecular flexibility index (Phi) is 5.83. The summed E-state index contributed by atoms with van der Waals surface area (Å²) in [7, 11) is 0. The third kappa shape index (κ3) is 3.83. The molecule has 0 bridgehead atoms. The van der Waals surface area contributed by atoms with Gasteiger partial charge in [0.05, 0.1) is 0 Å². The van der Waals surface area contributed by atoms with Gasteiger partial charge in [0.25, 0.3) is 0 Å². The van der Waals surface area contributed by atoms with Gasteiger partial charge in [-0.25, -0.2) is 0 Å². The smallest absolute Gasteiger partial charge is 0.130 e. The number of thiocyanates is 1. The summed E-state index contributed by atoms with van der Waals surface area (Å²) in [5.41, 5.74) is 3.74. The molecular weight excluding hydrogens is 242 g/mol. The van der Waals surface area contributed by atoms with Gasteiger partial charge in [-0.3, -0.25) is 0 Å². The second-order valence-electron chi connectivity index (χ2n) is 3.66. The summed E-state index contributed by atoms with van der Waals surface area (Å²) in [5, 5.41) is 17.9. The fourth-order valence-electron chi connectivity index (χ4n) is 1.75. The van der Waals surface area contributed by atoms with Gasteiger partial charge >= 0.3 is 0 Å². The molecular formula is C15H15NOS. The van der Waals surface area contributed by atoms with E-state index in [0.717, 1.165) is 12.0 Å². The predicted molar refractivity (Wildman–Crippen MR) is 77.5 cm³/mol. The Morgan fingerprint density at radius 3 is 2.22 bits per heavy atom. The first-order chi connectivity index (χ1) is 8.72. The normalized spacial score (nSPS) is 8.94. The maximum absolute atomic E-state index is 9.23. The highest BCUT2D eigenvalue weighted by Gasteiger charge is 2.02. The molecule has 1 N–H and O–H groups in total. The van der Waals surface area contributed by atoms with Gasteiger partial charge in [-0.2, -0.15) is 5.26 Å². The molecule has 0 saturated carbocycles. The summed E-state index contributed by atoms with van der Waals surface area (Å²) in [4.78, 5) is 0. The molecule has 0 aromatic heterocycles. The van der Waals surface area contributed by atoms with Gasteiger partial charge in [-0.15, -0.1) is 0 Å². The maximum Gasteiger partial charge on any atom is 0.130 e. The first-order valence-electron chi connectivity index (χ1n) is 5.63. The van der Waals surface area contributed by atoms with E-state index in [1.807, 2.05) is 18.2 Å².